The Balaban J connectivity index is 2.44. The lowest BCUT2D eigenvalue weighted by atomic mass is 9.97. The highest BCUT2D eigenvalue weighted by molar-refractivity contribution is 5.76. The van der Waals surface area contributed by atoms with Crippen molar-refractivity contribution in [1.29, 1.82) is 0 Å². The van der Waals surface area contributed by atoms with Crippen molar-refractivity contribution in [1.82, 2.24) is 4.90 Å². The molecule has 1 saturated heterocycles. The van der Waals surface area contributed by atoms with Gasteiger partial charge in [0.25, 0.3) is 0 Å². The second-order valence-electron chi connectivity index (χ2n) is 3.61. The van der Waals surface area contributed by atoms with E-state index in [4.69, 9.17) is 5.11 Å². The molecule has 74 valence electrons. The highest BCUT2D eigenvalue weighted by Crippen LogP contribution is 2.20. The lowest BCUT2D eigenvalue weighted by Gasteiger charge is -2.13. The average molecular weight is 185 g/mol. The number of rotatable bonds is 2. The molecule has 4 nitrogen and oxygen atoms in total. The Kier molecular flexibility index (Phi) is 3.28. The van der Waals surface area contributed by atoms with E-state index >= 15 is 0 Å². The third-order valence-corrected chi connectivity index (χ3v) is 2.53. The van der Waals surface area contributed by atoms with Crippen LogP contribution in [0.4, 0.5) is 0 Å². The standard InChI is InChI=1S/C9H15NO3/c1-10-5-4-7(6-9(12)13)2-3-8(10)11/h7H,2-6H2,1H3,(H,12,13)/t7-/m0/s1. The van der Waals surface area contributed by atoms with Crippen molar-refractivity contribution in [3.63, 3.8) is 0 Å². The Hall–Kier alpha value is -1.06. The largest absolute Gasteiger partial charge is 0.481 e. The zero-order valence-electron chi connectivity index (χ0n) is 7.82. The Labute approximate surface area is 77.5 Å². The smallest absolute Gasteiger partial charge is 0.303 e. The quantitative estimate of drug-likeness (QED) is 0.689. The zero-order valence-corrected chi connectivity index (χ0v) is 7.82. The van der Waals surface area contributed by atoms with Crippen molar-refractivity contribution in [2.24, 2.45) is 5.92 Å². The van der Waals surface area contributed by atoms with Crippen molar-refractivity contribution in [2.75, 3.05) is 13.6 Å². The second-order valence-corrected chi connectivity index (χ2v) is 3.61. The molecule has 0 aromatic rings. The van der Waals surface area contributed by atoms with Gasteiger partial charge in [0, 0.05) is 26.4 Å². The Bertz CT molecular complexity index is 215. The molecule has 4 heteroatoms. The first kappa shape index (κ1) is 10.0. The van der Waals surface area contributed by atoms with Gasteiger partial charge in [0.2, 0.25) is 5.91 Å². The number of carbonyl (C=O) groups excluding carboxylic acids is 1. The van der Waals surface area contributed by atoms with Gasteiger partial charge in [-0.05, 0) is 18.8 Å². The maximum atomic E-state index is 11.2. The van der Waals surface area contributed by atoms with Gasteiger partial charge in [-0.3, -0.25) is 9.59 Å². The first-order chi connectivity index (χ1) is 6.09. The van der Waals surface area contributed by atoms with E-state index in [-0.39, 0.29) is 18.2 Å². The average Bonchev–Trinajstić information content (AvgIpc) is 2.19. The van der Waals surface area contributed by atoms with E-state index in [1.54, 1.807) is 11.9 Å². The number of hydrogen-bond acceptors (Lipinski definition) is 2. The molecule has 1 N–H and O–H groups in total. The number of carbonyl (C=O) groups is 2. The maximum Gasteiger partial charge on any atom is 0.303 e. The van der Waals surface area contributed by atoms with E-state index in [1.807, 2.05) is 0 Å². The fourth-order valence-electron chi connectivity index (χ4n) is 1.61. The topological polar surface area (TPSA) is 57.6 Å². The summed E-state index contributed by atoms with van der Waals surface area (Å²) in [5.74, 6) is -0.457. The molecule has 1 aliphatic rings. The van der Waals surface area contributed by atoms with Crippen molar-refractivity contribution >= 4 is 11.9 Å². The zero-order chi connectivity index (χ0) is 9.84. The van der Waals surface area contributed by atoms with Crippen LogP contribution in [-0.2, 0) is 9.59 Å². The Morgan fingerprint density at radius 2 is 2.31 bits per heavy atom. The molecule has 13 heavy (non-hydrogen) atoms. The highest BCUT2D eigenvalue weighted by atomic mass is 16.4. The molecule has 0 unspecified atom stereocenters. The fraction of sp³-hybridized carbons (Fsp3) is 0.778. The molecule has 0 saturated carbocycles. The fourth-order valence-corrected chi connectivity index (χ4v) is 1.61. The van der Waals surface area contributed by atoms with Gasteiger partial charge in [-0.2, -0.15) is 0 Å². The summed E-state index contributed by atoms with van der Waals surface area (Å²) in [6.07, 6.45) is 2.22. The maximum absolute atomic E-state index is 11.2. The highest BCUT2D eigenvalue weighted by Gasteiger charge is 2.21. The predicted octanol–water partition coefficient (Wildman–Crippen LogP) is 0.720. The van der Waals surface area contributed by atoms with Gasteiger partial charge in [0.15, 0.2) is 0 Å². The van der Waals surface area contributed by atoms with E-state index in [1.165, 1.54) is 0 Å². The summed E-state index contributed by atoms with van der Waals surface area (Å²) in [6, 6.07) is 0. The van der Waals surface area contributed by atoms with Gasteiger partial charge in [0.05, 0.1) is 0 Å². The van der Waals surface area contributed by atoms with Gasteiger partial charge < -0.3 is 10.0 Å². The van der Waals surface area contributed by atoms with Gasteiger partial charge in [0.1, 0.15) is 0 Å². The van der Waals surface area contributed by atoms with Crippen LogP contribution in [0.25, 0.3) is 0 Å². The van der Waals surface area contributed by atoms with E-state index in [9.17, 15) is 9.59 Å². The molecule has 0 spiro atoms. The van der Waals surface area contributed by atoms with E-state index in [2.05, 4.69) is 0 Å². The van der Waals surface area contributed by atoms with Crippen LogP contribution < -0.4 is 0 Å². The predicted molar refractivity (Wildman–Crippen MR) is 47.2 cm³/mol. The normalized spacial score (nSPS) is 24.2. The van der Waals surface area contributed by atoms with Crippen LogP contribution in [0.3, 0.4) is 0 Å². The molecule has 1 fully saturated rings. The summed E-state index contributed by atoms with van der Waals surface area (Å²) < 4.78 is 0. The third kappa shape index (κ3) is 3.05. The molecule has 0 aromatic carbocycles. The van der Waals surface area contributed by atoms with Crippen LogP contribution in [-0.4, -0.2) is 35.5 Å². The number of nitrogens with zero attached hydrogens (tertiary/aromatic N) is 1. The summed E-state index contributed by atoms with van der Waals surface area (Å²) in [6.45, 7) is 0.691. The first-order valence-corrected chi connectivity index (χ1v) is 4.55. The molecule has 1 atom stereocenters. The summed E-state index contributed by atoms with van der Waals surface area (Å²) in [5, 5.41) is 8.59. The van der Waals surface area contributed by atoms with Gasteiger partial charge in [-0.25, -0.2) is 0 Å². The lowest BCUT2D eigenvalue weighted by molar-refractivity contribution is -0.138. The Morgan fingerprint density at radius 1 is 1.62 bits per heavy atom. The Morgan fingerprint density at radius 3 is 2.92 bits per heavy atom. The van der Waals surface area contributed by atoms with Crippen molar-refractivity contribution < 1.29 is 14.7 Å². The number of carboxylic acid groups (broad SMARTS) is 1. The number of carboxylic acids is 1. The van der Waals surface area contributed by atoms with E-state index in [0.29, 0.717) is 13.0 Å². The molecule has 0 radical (unpaired) electrons. The van der Waals surface area contributed by atoms with Crippen molar-refractivity contribution in [3.05, 3.63) is 0 Å². The summed E-state index contributed by atoms with van der Waals surface area (Å²) in [5.41, 5.74) is 0. The lowest BCUT2D eigenvalue weighted by Crippen LogP contribution is -2.25. The van der Waals surface area contributed by atoms with Gasteiger partial charge >= 0.3 is 5.97 Å². The summed E-state index contributed by atoms with van der Waals surface area (Å²) >= 11 is 0. The van der Waals surface area contributed by atoms with Crippen LogP contribution in [0, 0.1) is 5.92 Å². The SMILES string of the molecule is CN1CC[C@@H](CC(=O)O)CCC1=O. The van der Waals surface area contributed by atoms with Crippen LogP contribution in [0.5, 0.6) is 0 Å². The van der Waals surface area contributed by atoms with E-state index in [0.717, 1.165) is 12.8 Å². The van der Waals surface area contributed by atoms with Crippen molar-refractivity contribution in [2.45, 2.75) is 25.7 Å². The minimum absolute atomic E-state index is 0.132. The molecule has 0 aromatic heterocycles. The summed E-state index contributed by atoms with van der Waals surface area (Å²) in [4.78, 5) is 23.4. The van der Waals surface area contributed by atoms with Crippen LogP contribution in [0.2, 0.25) is 0 Å². The minimum Gasteiger partial charge on any atom is -0.481 e. The molecule has 1 heterocycles. The molecular formula is C9H15NO3. The number of likely N-dealkylation sites (tertiary alicyclic amines) is 1. The van der Waals surface area contributed by atoms with E-state index < -0.39 is 5.97 Å². The minimum atomic E-state index is -0.762. The molecule has 0 aliphatic carbocycles. The molecule has 1 amide bonds. The number of amides is 1. The first-order valence-electron chi connectivity index (χ1n) is 4.55. The second kappa shape index (κ2) is 4.25. The third-order valence-electron chi connectivity index (χ3n) is 2.53. The monoisotopic (exact) mass is 185 g/mol. The molecule has 1 aliphatic heterocycles. The van der Waals surface area contributed by atoms with Crippen LogP contribution in [0.1, 0.15) is 25.7 Å². The van der Waals surface area contributed by atoms with Crippen LogP contribution >= 0.6 is 0 Å². The summed E-state index contributed by atoms with van der Waals surface area (Å²) in [7, 11) is 1.77. The van der Waals surface area contributed by atoms with Gasteiger partial charge in [-0.1, -0.05) is 0 Å². The molecular weight excluding hydrogens is 170 g/mol. The van der Waals surface area contributed by atoms with Gasteiger partial charge in [-0.15, -0.1) is 0 Å². The number of aliphatic carboxylic acids is 1. The molecule has 0 bridgehead atoms. The number of hydrogen-bond donors (Lipinski definition) is 1. The molecule has 1 rings (SSSR count). The van der Waals surface area contributed by atoms with Crippen molar-refractivity contribution in [3.8, 4) is 0 Å². The van der Waals surface area contributed by atoms with Crippen LogP contribution in [0.15, 0.2) is 0 Å².